The minimum absolute atomic E-state index is 0.191. The molecule has 136 valence electrons. The van der Waals surface area contributed by atoms with Gasteiger partial charge >= 0.3 is 5.97 Å². The number of carbonyl (C=O) groups excluding carboxylic acids is 2. The molecule has 26 heavy (non-hydrogen) atoms. The van der Waals surface area contributed by atoms with Gasteiger partial charge in [-0.2, -0.15) is 0 Å². The summed E-state index contributed by atoms with van der Waals surface area (Å²) in [6.07, 6.45) is 0.294. The van der Waals surface area contributed by atoms with Gasteiger partial charge in [-0.1, -0.05) is 24.2 Å². The molecule has 2 rings (SSSR count). The number of amides is 1. The van der Waals surface area contributed by atoms with Gasteiger partial charge < -0.3 is 20.0 Å². The SMILES string of the molecule is CCC(=O)Nc1ccccc1C(=O)OC/C(=N/O)c1ccc(OC)cc1. The number of rotatable bonds is 7. The van der Waals surface area contributed by atoms with E-state index in [-0.39, 0.29) is 23.8 Å². The number of nitrogens with one attached hydrogen (secondary N) is 1. The zero-order valence-electron chi connectivity index (χ0n) is 14.6. The zero-order valence-corrected chi connectivity index (χ0v) is 14.6. The van der Waals surface area contributed by atoms with Gasteiger partial charge in [-0.25, -0.2) is 4.79 Å². The number of ether oxygens (including phenoxy) is 2. The van der Waals surface area contributed by atoms with Crippen LogP contribution >= 0.6 is 0 Å². The summed E-state index contributed by atoms with van der Waals surface area (Å²) in [7, 11) is 1.55. The fourth-order valence-electron chi connectivity index (χ4n) is 2.17. The van der Waals surface area contributed by atoms with E-state index in [1.807, 2.05) is 0 Å². The zero-order chi connectivity index (χ0) is 18.9. The van der Waals surface area contributed by atoms with Crippen LogP contribution in [-0.2, 0) is 9.53 Å². The smallest absolute Gasteiger partial charge is 0.340 e. The Morgan fingerprint density at radius 1 is 1.12 bits per heavy atom. The lowest BCUT2D eigenvalue weighted by Crippen LogP contribution is -2.18. The lowest BCUT2D eigenvalue weighted by molar-refractivity contribution is -0.115. The molecule has 2 N–H and O–H groups in total. The number of hydrogen-bond acceptors (Lipinski definition) is 6. The Kier molecular flexibility index (Phi) is 6.73. The average Bonchev–Trinajstić information content (AvgIpc) is 2.69. The Hall–Kier alpha value is -3.35. The first-order valence-corrected chi connectivity index (χ1v) is 8.00. The number of esters is 1. The van der Waals surface area contributed by atoms with Gasteiger partial charge in [0, 0.05) is 12.0 Å². The first kappa shape index (κ1) is 19.0. The predicted molar refractivity (Wildman–Crippen MR) is 97.0 cm³/mol. The summed E-state index contributed by atoms with van der Waals surface area (Å²) in [4.78, 5) is 23.9. The van der Waals surface area contributed by atoms with E-state index in [1.54, 1.807) is 62.6 Å². The van der Waals surface area contributed by atoms with Crippen molar-refractivity contribution in [3.8, 4) is 5.75 Å². The largest absolute Gasteiger partial charge is 0.497 e. The molecule has 0 aliphatic carbocycles. The van der Waals surface area contributed by atoms with Crippen LogP contribution in [-0.4, -0.2) is 36.5 Å². The van der Waals surface area contributed by atoms with Gasteiger partial charge in [0.15, 0.2) is 0 Å². The molecule has 1 amide bonds. The molecule has 0 fully saturated rings. The predicted octanol–water partition coefficient (Wildman–Crippen LogP) is 3.08. The topological polar surface area (TPSA) is 97.2 Å². The number of carbonyl (C=O) groups is 2. The first-order chi connectivity index (χ1) is 12.6. The monoisotopic (exact) mass is 356 g/mol. The lowest BCUT2D eigenvalue weighted by atomic mass is 10.1. The molecule has 2 aromatic carbocycles. The third kappa shape index (κ3) is 4.83. The van der Waals surface area contributed by atoms with Crippen LogP contribution in [0.1, 0.15) is 29.3 Å². The maximum atomic E-state index is 12.4. The summed E-state index contributed by atoms with van der Waals surface area (Å²) in [6, 6.07) is 13.3. The number of oxime groups is 1. The highest BCUT2D eigenvalue weighted by atomic mass is 16.5. The van der Waals surface area contributed by atoms with E-state index in [9.17, 15) is 14.8 Å². The lowest BCUT2D eigenvalue weighted by Gasteiger charge is -2.11. The molecule has 7 heteroatoms. The number of methoxy groups -OCH3 is 1. The van der Waals surface area contributed by atoms with Crippen LogP contribution in [0.2, 0.25) is 0 Å². The van der Waals surface area contributed by atoms with Crippen molar-refractivity contribution in [2.24, 2.45) is 5.16 Å². The van der Waals surface area contributed by atoms with E-state index in [2.05, 4.69) is 10.5 Å². The van der Waals surface area contributed by atoms with Crippen LogP contribution in [0.3, 0.4) is 0 Å². The second-order valence-electron chi connectivity index (χ2n) is 5.30. The van der Waals surface area contributed by atoms with Crippen LogP contribution in [0.4, 0.5) is 5.69 Å². The van der Waals surface area contributed by atoms with Gasteiger partial charge in [0.2, 0.25) is 5.91 Å². The molecule has 0 saturated heterocycles. The Morgan fingerprint density at radius 2 is 1.81 bits per heavy atom. The molecule has 0 atom stereocenters. The van der Waals surface area contributed by atoms with E-state index >= 15 is 0 Å². The first-order valence-electron chi connectivity index (χ1n) is 8.00. The molecule has 2 aromatic rings. The van der Waals surface area contributed by atoms with E-state index in [0.29, 0.717) is 23.4 Å². The fourth-order valence-corrected chi connectivity index (χ4v) is 2.17. The molecule has 0 aliphatic rings. The van der Waals surface area contributed by atoms with Crippen molar-refractivity contribution in [3.63, 3.8) is 0 Å². The van der Waals surface area contributed by atoms with Crippen molar-refractivity contribution in [1.29, 1.82) is 0 Å². The summed E-state index contributed by atoms with van der Waals surface area (Å²) in [5.41, 5.74) is 1.38. The van der Waals surface area contributed by atoms with E-state index < -0.39 is 5.97 Å². The highest BCUT2D eigenvalue weighted by Crippen LogP contribution is 2.17. The average molecular weight is 356 g/mol. The van der Waals surface area contributed by atoms with Crippen molar-refractivity contribution >= 4 is 23.3 Å². The number of hydrogen-bond donors (Lipinski definition) is 2. The van der Waals surface area contributed by atoms with Crippen molar-refractivity contribution in [1.82, 2.24) is 0 Å². The molecule has 0 bridgehead atoms. The van der Waals surface area contributed by atoms with E-state index in [1.165, 1.54) is 0 Å². The molecule has 0 aliphatic heterocycles. The molecular formula is C19H20N2O5. The van der Waals surface area contributed by atoms with Crippen molar-refractivity contribution in [3.05, 3.63) is 59.7 Å². The van der Waals surface area contributed by atoms with Crippen LogP contribution in [0.15, 0.2) is 53.7 Å². The van der Waals surface area contributed by atoms with Crippen LogP contribution in [0, 0.1) is 0 Å². The Bertz CT molecular complexity index is 800. The summed E-state index contributed by atoms with van der Waals surface area (Å²) in [5, 5.41) is 15.0. The molecular weight excluding hydrogens is 336 g/mol. The third-order valence-corrected chi connectivity index (χ3v) is 3.63. The number of para-hydroxylation sites is 1. The summed E-state index contributed by atoms with van der Waals surface area (Å²) in [5.74, 6) is -0.184. The molecule has 0 heterocycles. The second-order valence-corrected chi connectivity index (χ2v) is 5.30. The molecule has 0 saturated carbocycles. The highest BCUT2D eigenvalue weighted by molar-refractivity contribution is 6.05. The van der Waals surface area contributed by atoms with E-state index in [4.69, 9.17) is 9.47 Å². The van der Waals surface area contributed by atoms with Gasteiger partial charge in [0.25, 0.3) is 0 Å². The Balaban J connectivity index is 2.08. The summed E-state index contributed by atoms with van der Waals surface area (Å²) >= 11 is 0. The second kappa shape index (κ2) is 9.22. The highest BCUT2D eigenvalue weighted by Gasteiger charge is 2.15. The van der Waals surface area contributed by atoms with Gasteiger partial charge in [-0.05, 0) is 36.4 Å². The quantitative estimate of drug-likeness (QED) is 0.344. The minimum Gasteiger partial charge on any atom is -0.497 e. The summed E-state index contributed by atoms with van der Waals surface area (Å²) < 4.78 is 10.3. The molecule has 0 aromatic heterocycles. The number of nitrogens with zero attached hydrogens (tertiary/aromatic N) is 1. The molecule has 7 nitrogen and oxygen atoms in total. The van der Waals surface area contributed by atoms with Gasteiger partial charge in [-0.15, -0.1) is 0 Å². The normalized spacial score (nSPS) is 10.9. The molecule has 0 spiro atoms. The summed E-state index contributed by atoms with van der Waals surface area (Å²) in [6.45, 7) is 1.49. The van der Waals surface area contributed by atoms with Gasteiger partial charge in [0.05, 0.1) is 18.4 Å². The Labute approximate surface area is 151 Å². The molecule has 0 radical (unpaired) electrons. The maximum absolute atomic E-state index is 12.4. The number of benzene rings is 2. The van der Waals surface area contributed by atoms with Crippen LogP contribution in [0.5, 0.6) is 5.75 Å². The van der Waals surface area contributed by atoms with Gasteiger partial charge in [-0.3, -0.25) is 4.79 Å². The number of anilines is 1. The van der Waals surface area contributed by atoms with Crippen LogP contribution < -0.4 is 10.1 Å². The van der Waals surface area contributed by atoms with Crippen molar-refractivity contribution in [2.45, 2.75) is 13.3 Å². The van der Waals surface area contributed by atoms with Crippen molar-refractivity contribution in [2.75, 3.05) is 19.0 Å². The van der Waals surface area contributed by atoms with Crippen LogP contribution in [0.25, 0.3) is 0 Å². The third-order valence-electron chi connectivity index (χ3n) is 3.63. The minimum atomic E-state index is -0.633. The van der Waals surface area contributed by atoms with Gasteiger partial charge in [0.1, 0.15) is 18.1 Å². The Morgan fingerprint density at radius 3 is 2.42 bits per heavy atom. The van der Waals surface area contributed by atoms with E-state index in [0.717, 1.165) is 0 Å². The standard InChI is InChI=1S/C19H20N2O5/c1-3-18(22)20-16-7-5-4-6-15(16)19(23)26-12-17(21-24)13-8-10-14(25-2)11-9-13/h4-11,24H,3,12H2,1-2H3,(H,20,22)/b21-17-. The molecule has 0 unspecified atom stereocenters. The fraction of sp³-hybridized carbons (Fsp3) is 0.211. The maximum Gasteiger partial charge on any atom is 0.340 e. The van der Waals surface area contributed by atoms with Crippen molar-refractivity contribution < 1.29 is 24.3 Å².